The lowest BCUT2D eigenvalue weighted by Gasteiger charge is -2.20. The minimum Gasteiger partial charge on any atom is -0.496 e. The third-order valence-corrected chi connectivity index (χ3v) is 3.59. The number of aromatic nitrogens is 1. The molecule has 0 saturated heterocycles. The Kier molecular flexibility index (Phi) is 4.99. The standard InChI is InChI=1S/C17H20N2O3/c1-4-14(13-7-5-6-8-15(13)22-3)18-17(21)12-9-10-19(2)16(20)11-12/h5-11,14H,4H2,1-3H3,(H,18,21)/t14-/m1/s1. The Bertz CT molecular complexity index is 722. The van der Waals surface area contributed by atoms with Gasteiger partial charge in [0.2, 0.25) is 0 Å². The van der Waals surface area contributed by atoms with Crippen LogP contribution in [0.4, 0.5) is 0 Å². The van der Waals surface area contributed by atoms with Crippen molar-refractivity contribution in [3.05, 3.63) is 64.1 Å². The van der Waals surface area contributed by atoms with E-state index in [4.69, 9.17) is 4.74 Å². The first-order chi connectivity index (χ1) is 10.6. The fraction of sp³-hybridized carbons (Fsp3) is 0.294. The zero-order valence-corrected chi connectivity index (χ0v) is 13.0. The topological polar surface area (TPSA) is 60.3 Å². The molecule has 5 heteroatoms. The number of ether oxygens (including phenoxy) is 1. The van der Waals surface area contributed by atoms with Crippen LogP contribution in [-0.2, 0) is 7.05 Å². The summed E-state index contributed by atoms with van der Waals surface area (Å²) < 4.78 is 6.77. The average Bonchev–Trinajstić information content (AvgIpc) is 2.54. The van der Waals surface area contributed by atoms with Gasteiger partial charge in [0, 0.05) is 30.4 Å². The predicted molar refractivity (Wildman–Crippen MR) is 85.2 cm³/mol. The molecule has 22 heavy (non-hydrogen) atoms. The van der Waals surface area contributed by atoms with E-state index >= 15 is 0 Å². The van der Waals surface area contributed by atoms with Crippen molar-refractivity contribution in [3.63, 3.8) is 0 Å². The number of benzene rings is 1. The quantitative estimate of drug-likeness (QED) is 0.921. The molecule has 1 amide bonds. The Hall–Kier alpha value is -2.56. The van der Waals surface area contributed by atoms with Crippen LogP contribution >= 0.6 is 0 Å². The minimum absolute atomic E-state index is 0.173. The van der Waals surface area contributed by atoms with Crippen molar-refractivity contribution in [3.8, 4) is 5.75 Å². The number of nitrogens with zero attached hydrogens (tertiary/aromatic N) is 1. The van der Waals surface area contributed by atoms with Crippen molar-refractivity contribution >= 4 is 5.91 Å². The number of aryl methyl sites for hydroxylation is 1. The molecule has 5 nitrogen and oxygen atoms in total. The highest BCUT2D eigenvalue weighted by atomic mass is 16.5. The highest BCUT2D eigenvalue weighted by Gasteiger charge is 2.17. The molecule has 0 radical (unpaired) electrons. The molecule has 0 aliphatic carbocycles. The summed E-state index contributed by atoms with van der Waals surface area (Å²) >= 11 is 0. The molecule has 1 aromatic heterocycles. The van der Waals surface area contributed by atoms with E-state index in [9.17, 15) is 9.59 Å². The number of hydrogen-bond acceptors (Lipinski definition) is 3. The molecule has 1 heterocycles. The molecule has 0 aliphatic rings. The molecule has 0 saturated carbocycles. The van der Waals surface area contributed by atoms with Gasteiger partial charge in [-0.25, -0.2) is 0 Å². The van der Waals surface area contributed by atoms with Gasteiger partial charge >= 0.3 is 0 Å². The van der Waals surface area contributed by atoms with Crippen molar-refractivity contribution in [1.29, 1.82) is 0 Å². The first-order valence-electron chi connectivity index (χ1n) is 7.17. The molecule has 0 aliphatic heterocycles. The number of para-hydroxylation sites is 1. The highest BCUT2D eigenvalue weighted by molar-refractivity contribution is 5.94. The molecule has 1 atom stereocenters. The van der Waals surface area contributed by atoms with Gasteiger partial charge in [-0.2, -0.15) is 0 Å². The summed E-state index contributed by atoms with van der Waals surface area (Å²) in [5.41, 5.74) is 1.07. The van der Waals surface area contributed by atoms with Crippen LogP contribution in [0.5, 0.6) is 5.75 Å². The van der Waals surface area contributed by atoms with Crippen LogP contribution in [0.15, 0.2) is 47.4 Å². The maximum Gasteiger partial charge on any atom is 0.252 e. The van der Waals surface area contributed by atoms with Crippen LogP contribution in [0, 0.1) is 0 Å². The summed E-state index contributed by atoms with van der Waals surface area (Å²) in [6.07, 6.45) is 2.30. The van der Waals surface area contributed by atoms with Gasteiger partial charge in [-0.3, -0.25) is 9.59 Å². The van der Waals surface area contributed by atoms with E-state index in [0.717, 1.165) is 17.7 Å². The number of carbonyl (C=O) groups excluding carboxylic acids is 1. The highest BCUT2D eigenvalue weighted by Crippen LogP contribution is 2.26. The van der Waals surface area contributed by atoms with E-state index in [0.29, 0.717) is 5.56 Å². The van der Waals surface area contributed by atoms with Crippen molar-refractivity contribution < 1.29 is 9.53 Å². The third-order valence-electron chi connectivity index (χ3n) is 3.59. The van der Waals surface area contributed by atoms with E-state index < -0.39 is 0 Å². The Morgan fingerprint density at radius 1 is 1.32 bits per heavy atom. The maximum atomic E-state index is 12.4. The Morgan fingerprint density at radius 2 is 2.05 bits per heavy atom. The van der Waals surface area contributed by atoms with Gasteiger partial charge in [0.1, 0.15) is 5.75 Å². The van der Waals surface area contributed by atoms with Crippen LogP contribution in [0.25, 0.3) is 0 Å². The van der Waals surface area contributed by atoms with Crippen LogP contribution in [0.2, 0.25) is 0 Å². The molecule has 1 aromatic carbocycles. The second-order valence-corrected chi connectivity index (χ2v) is 5.04. The molecule has 0 unspecified atom stereocenters. The number of pyridine rings is 1. The number of carbonyl (C=O) groups is 1. The van der Waals surface area contributed by atoms with Crippen LogP contribution in [-0.4, -0.2) is 17.6 Å². The van der Waals surface area contributed by atoms with Crippen LogP contribution in [0.3, 0.4) is 0 Å². The molecule has 2 rings (SSSR count). The molecule has 2 aromatic rings. The van der Waals surface area contributed by atoms with E-state index in [1.54, 1.807) is 26.4 Å². The van der Waals surface area contributed by atoms with Crippen LogP contribution in [0.1, 0.15) is 35.3 Å². The van der Waals surface area contributed by atoms with Crippen LogP contribution < -0.4 is 15.6 Å². The zero-order valence-electron chi connectivity index (χ0n) is 13.0. The predicted octanol–water partition coefficient (Wildman–Crippen LogP) is 2.28. The zero-order chi connectivity index (χ0) is 16.1. The van der Waals surface area contributed by atoms with E-state index in [-0.39, 0.29) is 17.5 Å². The second kappa shape index (κ2) is 6.93. The monoisotopic (exact) mass is 300 g/mol. The summed E-state index contributed by atoms with van der Waals surface area (Å²) in [7, 11) is 3.25. The molecule has 0 spiro atoms. The van der Waals surface area contributed by atoms with E-state index in [2.05, 4.69) is 5.32 Å². The summed E-state index contributed by atoms with van der Waals surface area (Å²) in [6, 6.07) is 10.4. The van der Waals surface area contributed by atoms with Gasteiger partial charge in [0.25, 0.3) is 11.5 Å². The summed E-state index contributed by atoms with van der Waals surface area (Å²) in [6.45, 7) is 1.99. The van der Waals surface area contributed by atoms with Crippen molar-refractivity contribution in [2.45, 2.75) is 19.4 Å². The van der Waals surface area contributed by atoms with Crippen molar-refractivity contribution in [1.82, 2.24) is 9.88 Å². The van der Waals surface area contributed by atoms with E-state index in [1.165, 1.54) is 10.6 Å². The second-order valence-electron chi connectivity index (χ2n) is 5.04. The van der Waals surface area contributed by atoms with E-state index in [1.807, 2.05) is 31.2 Å². The summed E-state index contributed by atoms with van der Waals surface area (Å²) in [5, 5.41) is 2.95. The first kappa shape index (κ1) is 15.8. The minimum atomic E-state index is -0.268. The third kappa shape index (κ3) is 3.36. The SMILES string of the molecule is CC[C@@H](NC(=O)c1ccn(C)c(=O)c1)c1ccccc1OC. The number of methoxy groups -OCH3 is 1. The van der Waals surface area contributed by atoms with Gasteiger partial charge in [-0.15, -0.1) is 0 Å². The number of rotatable bonds is 5. The lowest BCUT2D eigenvalue weighted by molar-refractivity contribution is 0.0935. The first-order valence-corrected chi connectivity index (χ1v) is 7.17. The van der Waals surface area contributed by atoms with Gasteiger partial charge in [-0.1, -0.05) is 25.1 Å². The fourth-order valence-corrected chi connectivity index (χ4v) is 2.29. The molecular formula is C17H20N2O3. The molecule has 1 N–H and O–H groups in total. The maximum absolute atomic E-state index is 12.4. The summed E-state index contributed by atoms with van der Waals surface area (Å²) in [4.78, 5) is 24.0. The Labute approximate surface area is 129 Å². The molecular weight excluding hydrogens is 280 g/mol. The Morgan fingerprint density at radius 3 is 2.68 bits per heavy atom. The largest absolute Gasteiger partial charge is 0.496 e. The van der Waals surface area contributed by atoms with Gasteiger partial charge in [0.05, 0.1) is 13.2 Å². The van der Waals surface area contributed by atoms with Gasteiger partial charge in [-0.05, 0) is 18.6 Å². The number of amides is 1. The van der Waals surface area contributed by atoms with Gasteiger partial charge < -0.3 is 14.6 Å². The number of nitrogens with one attached hydrogen (secondary N) is 1. The smallest absolute Gasteiger partial charge is 0.252 e. The average molecular weight is 300 g/mol. The van der Waals surface area contributed by atoms with Gasteiger partial charge in [0.15, 0.2) is 0 Å². The number of hydrogen-bond donors (Lipinski definition) is 1. The normalized spacial score (nSPS) is 11.8. The molecule has 116 valence electrons. The molecule has 0 bridgehead atoms. The van der Waals surface area contributed by atoms with Crippen molar-refractivity contribution in [2.75, 3.05) is 7.11 Å². The lowest BCUT2D eigenvalue weighted by atomic mass is 10.0. The lowest BCUT2D eigenvalue weighted by Crippen LogP contribution is -2.30. The summed E-state index contributed by atoms with van der Waals surface area (Å²) in [5.74, 6) is 0.467. The Balaban J connectivity index is 2.24. The van der Waals surface area contributed by atoms with Crippen molar-refractivity contribution in [2.24, 2.45) is 7.05 Å². The molecule has 0 fully saturated rings. The fourth-order valence-electron chi connectivity index (χ4n) is 2.29.